The Hall–Kier alpha value is -5.87. The first-order valence-corrected chi connectivity index (χ1v) is 17.9. The lowest BCUT2D eigenvalue weighted by Crippen LogP contribution is -2.60. The van der Waals surface area contributed by atoms with Gasteiger partial charge in [-0.1, -0.05) is 13.8 Å². The Morgan fingerprint density at radius 2 is 1.21 bits per heavy atom. The van der Waals surface area contributed by atoms with Gasteiger partial charge < -0.3 is 63.2 Å². The van der Waals surface area contributed by atoms with E-state index in [1.165, 1.54) is 11.8 Å². The van der Waals surface area contributed by atoms with Crippen molar-refractivity contribution in [2.24, 2.45) is 17.4 Å². The third-order valence-electron chi connectivity index (χ3n) is 9.11. The quantitative estimate of drug-likeness (QED) is 0.0522. The van der Waals surface area contributed by atoms with Crippen LogP contribution in [0.2, 0.25) is 0 Å². The number of nitrogens with one attached hydrogen (secondary N) is 5. The SMILES string of the molecule is CC(C)[C@H](NC(=O)[C@@H]1CCCN1C(=O)[C@H](CC(=O)O)NC(=O)CNC(=O)[C@@H](N)CC(=O)O)C(=O)N[C@@H](CCC(N)=O)C(=O)N1CCC[C@H]1C(=O)N[C@@H](C)C(=O)O. The van der Waals surface area contributed by atoms with Crippen LogP contribution in [0.1, 0.15) is 72.1 Å². The number of hydrogen-bond donors (Lipinski definition) is 10. The fourth-order valence-corrected chi connectivity index (χ4v) is 6.17. The van der Waals surface area contributed by atoms with Crippen molar-refractivity contribution >= 4 is 65.2 Å². The summed E-state index contributed by atoms with van der Waals surface area (Å²) in [6, 6.07) is -9.40. The molecule has 0 radical (unpaired) electrons. The largest absolute Gasteiger partial charge is 0.481 e. The Bertz CT molecular complexity index is 1560. The zero-order valence-electron chi connectivity index (χ0n) is 31.3. The van der Waals surface area contributed by atoms with E-state index in [1.807, 2.05) is 0 Å². The zero-order chi connectivity index (χ0) is 42.4. The number of hydrogen-bond acceptors (Lipinski definition) is 12. The summed E-state index contributed by atoms with van der Waals surface area (Å²) in [6.45, 7) is 3.71. The minimum absolute atomic E-state index is 0.0260. The normalized spacial score (nSPS) is 19.1. The lowest BCUT2D eigenvalue weighted by Gasteiger charge is -2.32. The van der Waals surface area contributed by atoms with Crippen molar-refractivity contribution < 1.29 is 68.1 Å². The number of carbonyl (C=O) groups is 11. The standard InChI is InChI=1S/C33H51N9O14/c1-15(2)26(30(52)39-18(8-9-22(35)43)31(53)41-10-4-6-20(41)28(50)37-16(3)33(55)56)40-29(51)21-7-5-11-42(21)32(54)19(13-25(47)48)38-23(44)14-36-27(49)17(34)12-24(45)46/h15-21,26H,4-14,34H2,1-3H3,(H2,35,43)(H,36,49)(H,37,50)(H,38,44)(H,39,52)(H,40,51)(H,45,46)(H,47,48)(H,55,56)/t16-,17-,18-,19-,20-,21-,26-/m0/s1. The van der Waals surface area contributed by atoms with Gasteiger partial charge in [-0.25, -0.2) is 0 Å². The lowest BCUT2D eigenvalue weighted by molar-refractivity contribution is -0.146. The third-order valence-corrected chi connectivity index (χ3v) is 9.11. The van der Waals surface area contributed by atoms with Crippen molar-refractivity contribution in [3.05, 3.63) is 0 Å². The molecule has 0 aromatic heterocycles. The van der Waals surface area contributed by atoms with Crippen LogP contribution in [0.4, 0.5) is 0 Å². The molecule has 0 aliphatic carbocycles. The Labute approximate surface area is 321 Å². The Morgan fingerprint density at radius 1 is 0.696 bits per heavy atom. The Balaban J connectivity index is 2.20. The first-order valence-electron chi connectivity index (χ1n) is 17.9. The molecule has 0 aromatic rings. The molecule has 2 heterocycles. The van der Waals surface area contributed by atoms with Gasteiger partial charge >= 0.3 is 17.9 Å². The topological polar surface area (TPSA) is 367 Å². The van der Waals surface area contributed by atoms with Gasteiger partial charge in [0.15, 0.2) is 0 Å². The maximum Gasteiger partial charge on any atom is 0.325 e. The molecule has 2 aliphatic heterocycles. The van der Waals surface area contributed by atoms with E-state index in [-0.39, 0.29) is 45.2 Å². The summed E-state index contributed by atoms with van der Waals surface area (Å²) in [5, 5.41) is 39.1. The van der Waals surface area contributed by atoms with Crippen LogP contribution >= 0.6 is 0 Å². The molecular formula is C33H51N9O14. The highest BCUT2D eigenvalue weighted by molar-refractivity contribution is 5.98. The first-order chi connectivity index (χ1) is 26.1. The number of carboxylic acid groups (broad SMARTS) is 3. The van der Waals surface area contributed by atoms with E-state index in [4.69, 9.17) is 16.6 Å². The van der Waals surface area contributed by atoms with Gasteiger partial charge in [-0.05, 0) is 44.9 Å². The number of primary amides is 1. The van der Waals surface area contributed by atoms with Gasteiger partial charge in [-0.2, -0.15) is 0 Å². The minimum atomic E-state index is -1.69. The molecule has 8 amide bonds. The van der Waals surface area contributed by atoms with Crippen molar-refractivity contribution in [3.8, 4) is 0 Å². The van der Waals surface area contributed by atoms with E-state index >= 15 is 0 Å². The van der Waals surface area contributed by atoms with Crippen molar-refractivity contribution in [2.45, 2.75) is 114 Å². The van der Waals surface area contributed by atoms with E-state index in [2.05, 4.69) is 26.6 Å². The molecule has 7 atom stereocenters. The number of carboxylic acids is 3. The number of nitrogens with zero attached hydrogens (tertiary/aromatic N) is 2. The highest BCUT2D eigenvalue weighted by Gasteiger charge is 2.42. The van der Waals surface area contributed by atoms with E-state index in [0.717, 1.165) is 4.90 Å². The number of aliphatic carboxylic acids is 3. The smallest absolute Gasteiger partial charge is 0.325 e. The molecule has 0 bridgehead atoms. The van der Waals surface area contributed by atoms with E-state index in [9.17, 15) is 63.0 Å². The number of amides is 8. The average Bonchev–Trinajstić information content (AvgIpc) is 3.80. The molecule has 23 heteroatoms. The van der Waals surface area contributed by atoms with Crippen LogP contribution in [0.5, 0.6) is 0 Å². The predicted molar refractivity (Wildman–Crippen MR) is 189 cm³/mol. The highest BCUT2D eigenvalue weighted by atomic mass is 16.4. The second kappa shape index (κ2) is 21.3. The number of nitrogens with two attached hydrogens (primary N) is 2. The maximum atomic E-state index is 13.7. The van der Waals surface area contributed by atoms with Gasteiger partial charge in [0.25, 0.3) is 0 Å². The van der Waals surface area contributed by atoms with Gasteiger partial charge in [0.2, 0.25) is 47.3 Å². The van der Waals surface area contributed by atoms with E-state index in [0.29, 0.717) is 6.42 Å². The second-order valence-electron chi connectivity index (χ2n) is 13.9. The van der Waals surface area contributed by atoms with Crippen molar-refractivity contribution in [3.63, 3.8) is 0 Å². The molecule has 23 nitrogen and oxygen atoms in total. The van der Waals surface area contributed by atoms with Crippen LogP contribution in [-0.4, -0.2) is 152 Å². The minimum Gasteiger partial charge on any atom is -0.481 e. The van der Waals surface area contributed by atoms with Crippen LogP contribution in [0.15, 0.2) is 0 Å². The molecule has 2 rings (SSSR count). The van der Waals surface area contributed by atoms with Gasteiger partial charge in [0.05, 0.1) is 25.4 Å². The van der Waals surface area contributed by atoms with Gasteiger partial charge in [0, 0.05) is 19.5 Å². The first kappa shape index (κ1) is 46.3. The summed E-state index contributed by atoms with van der Waals surface area (Å²) in [4.78, 5) is 140. The summed E-state index contributed by atoms with van der Waals surface area (Å²) in [7, 11) is 0. The highest BCUT2D eigenvalue weighted by Crippen LogP contribution is 2.22. The van der Waals surface area contributed by atoms with E-state index < -0.39 is 133 Å². The summed E-state index contributed by atoms with van der Waals surface area (Å²) < 4.78 is 0. The summed E-state index contributed by atoms with van der Waals surface area (Å²) in [5.74, 6) is -11.6. The van der Waals surface area contributed by atoms with Gasteiger partial charge in [-0.15, -0.1) is 0 Å². The molecule has 12 N–H and O–H groups in total. The molecule has 312 valence electrons. The number of likely N-dealkylation sites (tertiary alicyclic amines) is 2. The fraction of sp³-hybridized carbons (Fsp3) is 0.667. The van der Waals surface area contributed by atoms with Crippen LogP contribution in [0.25, 0.3) is 0 Å². The Morgan fingerprint density at radius 3 is 1.70 bits per heavy atom. The zero-order valence-corrected chi connectivity index (χ0v) is 31.3. The molecule has 2 aliphatic rings. The lowest BCUT2D eigenvalue weighted by atomic mass is 10.0. The van der Waals surface area contributed by atoms with Crippen LogP contribution in [-0.2, 0) is 52.7 Å². The van der Waals surface area contributed by atoms with Crippen LogP contribution < -0.4 is 38.1 Å². The molecule has 0 aromatic carbocycles. The molecular weight excluding hydrogens is 746 g/mol. The average molecular weight is 798 g/mol. The monoisotopic (exact) mass is 797 g/mol. The van der Waals surface area contributed by atoms with Gasteiger partial charge in [-0.3, -0.25) is 52.7 Å². The summed E-state index contributed by atoms with van der Waals surface area (Å²) in [5.41, 5.74) is 10.8. The molecule has 2 saturated heterocycles. The third kappa shape index (κ3) is 13.8. The fourth-order valence-electron chi connectivity index (χ4n) is 6.17. The van der Waals surface area contributed by atoms with Crippen molar-refractivity contribution in [2.75, 3.05) is 19.6 Å². The maximum absolute atomic E-state index is 13.7. The second-order valence-corrected chi connectivity index (χ2v) is 13.9. The molecule has 0 spiro atoms. The van der Waals surface area contributed by atoms with Crippen LogP contribution in [0.3, 0.4) is 0 Å². The summed E-state index contributed by atoms with van der Waals surface area (Å²) in [6.07, 6.45) is -1.27. The Kier molecular flexibility index (Phi) is 17.6. The molecule has 0 unspecified atom stereocenters. The van der Waals surface area contributed by atoms with Crippen LogP contribution in [0, 0.1) is 5.92 Å². The molecule has 0 saturated carbocycles. The van der Waals surface area contributed by atoms with Crippen molar-refractivity contribution in [1.29, 1.82) is 0 Å². The van der Waals surface area contributed by atoms with Gasteiger partial charge in [0.1, 0.15) is 36.3 Å². The number of rotatable bonds is 21. The number of carbonyl (C=O) groups excluding carboxylic acids is 8. The predicted octanol–water partition coefficient (Wildman–Crippen LogP) is -4.67. The molecule has 56 heavy (non-hydrogen) atoms. The molecule has 2 fully saturated rings. The van der Waals surface area contributed by atoms with E-state index in [1.54, 1.807) is 13.8 Å². The van der Waals surface area contributed by atoms with Crippen molar-refractivity contribution in [1.82, 2.24) is 36.4 Å². The summed E-state index contributed by atoms with van der Waals surface area (Å²) >= 11 is 0.